The number of ether oxygens (including phenoxy) is 2. The molecule has 1 aromatic heterocycles. The van der Waals surface area contributed by atoms with E-state index in [2.05, 4.69) is 0 Å². The third-order valence-electron chi connectivity index (χ3n) is 3.64. The van der Waals surface area contributed by atoms with Gasteiger partial charge in [0, 0.05) is 12.1 Å². The summed E-state index contributed by atoms with van der Waals surface area (Å²) in [7, 11) is 1.52. The average molecular weight is 350 g/mol. The van der Waals surface area contributed by atoms with Gasteiger partial charge in [-0.3, -0.25) is 4.79 Å². The molecule has 3 rings (SSSR count). The summed E-state index contributed by atoms with van der Waals surface area (Å²) in [5.41, 5.74) is 1.42. The van der Waals surface area contributed by atoms with Gasteiger partial charge in [0.05, 0.1) is 7.11 Å². The van der Waals surface area contributed by atoms with Crippen molar-refractivity contribution in [2.24, 2.45) is 0 Å². The number of hydrogen-bond donors (Lipinski definition) is 1. The van der Waals surface area contributed by atoms with Crippen LogP contribution in [0.5, 0.6) is 17.2 Å². The largest absolute Gasteiger partial charge is 0.508 e. The van der Waals surface area contributed by atoms with Crippen molar-refractivity contribution in [2.75, 3.05) is 7.11 Å². The second-order valence-electron chi connectivity index (χ2n) is 5.58. The molecule has 0 spiro atoms. The minimum Gasteiger partial charge on any atom is -0.508 e. The van der Waals surface area contributed by atoms with Crippen LogP contribution in [0.3, 0.4) is 0 Å². The smallest absolute Gasteiger partial charge is 0.227 e. The molecule has 0 amide bonds. The second-order valence-corrected chi connectivity index (χ2v) is 5.58. The summed E-state index contributed by atoms with van der Waals surface area (Å²) >= 11 is 0. The normalized spacial score (nSPS) is 10.8. The van der Waals surface area contributed by atoms with Crippen molar-refractivity contribution in [3.05, 3.63) is 88.0 Å². The molecule has 0 saturated heterocycles. The van der Waals surface area contributed by atoms with Crippen LogP contribution >= 0.6 is 0 Å². The fraction of sp³-hybridized carbons (Fsp3) is 0.0952. The van der Waals surface area contributed by atoms with Crippen LogP contribution < -0.4 is 14.9 Å². The van der Waals surface area contributed by atoms with E-state index in [0.717, 1.165) is 5.56 Å². The standard InChI is InChI=1S/C21H18O5/c1-24-19-10-16(9-17(22)11-19)7-8-18-12-20(23)21(14-25-18)26-13-15-5-3-2-4-6-15/h2-12,14,22H,13H2,1H3/b8-7+. The Hall–Kier alpha value is -3.47. The highest BCUT2D eigenvalue weighted by atomic mass is 16.5. The molecule has 1 heterocycles. The number of benzene rings is 2. The van der Waals surface area contributed by atoms with Crippen LogP contribution in [0.1, 0.15) is 16.9 Å². The lowest BCUT2D eigenvalue weighted by Gasteiger charge is -2.05. The molecule has 0 atom stereocenters. The van der Waals surface area contributed by atoms with Crippen molar-refractivity contribution in [1.29, 1.82) is 0 Å². The minimum atomic E-state index is -0.264. The topological polar surface area (TPSA) is 68.9 Å². The minimum absolute atomic E-state index is 0.0927. The molecule has 0 radical (unpaired) electrons. The molecule has 0 saturated carbocycles. The molecule has 0 unspecified atom stereocenters. The highest BCUT2D eigenvalue weighted by Gasteiger charge is 2.04. The van der Waals surface area contributed by atoms with Crippen LogP contribution in [0, 0.1) is 0 Å². The van der Waals surface area contributed by atoms with Gasteiger partial charge in [-0.2, -0.15) is 0 Å². The van der Waals surface area contributed by atoms with Gasteiger partial charge in [0.15, 0.2) is 0 Å². The van der Waals surface area contributed by atoms with Crippen LogP contribution in [-0.2, 0) is 6.61 Å². The molecule has 0 fully saturated rings. The third-order valence-corrected chi connectivity index (χ3v) is 3.64. The maximum absolute atomic E-state index is 12.1. The Balaban J connectivity index is 1.71. The Kier molecular flexibility index (Phi) is 5.39. The zero-order valence-corrected chi connectivity index (χ0v) is 14.2. The molecule has 2 aromatic carbocycles. The van der Waals surface area contributed by atoms with Crippen molar-refractivity contribution >= 4 is 12.2 Å². The van der Waals surface area contributed by atoms with Crippen molar-refractivity contribution < 1.29 is 19.0 Å². The van der Waals surface area contributed by atoms with Crippen LogP contribution in [0.2, 0.25) is 0 Å². The first-order valence-corrected chi connectivity index (χ1v) is 8.00. The van der Waals surface area contributed by atoms with Gasteiger partial charge in [-0.25, -0.2) is 0 Å². The molecule has 5 nitrogen and oxygen atoms in total. The van der Waals surface area contributed by atoms with Gasteiger partial charge in [0.1, 0.15) is 30.1 Å². The molecule has 3 aromatic rings. The first kappa shape index (κ1) is 17.4. The summed E-state index contributed by atoms with van der Waals surface area (Å²) in [6.07, 6.45) is 4.65. The van der Waals surface area contributed by atoms with Crippen LogP contribution in [0.4, 0.5) is 0 Å². The van der Waals surface area contributed by atoms with Crippen LogP contribution in [0.25, 0.3) is 12.2 Å². The summed E-state index contributed by atoms with van der Waals surface area (Å²) in [6, 6.07) is 15.8. The van der Waals surface area contributed by atoms with Crippen molar-refractivity contribution in [1.82, 2.24) is 0 Å². The van der Waals surface area contributed by atoms with E-state index in [1.54, 1.807) is 24.3 Å². The zero-order chi connectivity index (χ0) is 18.4. The van der Waals surface area contributed by atoms with Gasteiger partial charge in [0.2, 0.25) is 11.2 Å². The maximum atomic E-state index is 12.1. The van der Waals surface area contributed by atoms with Gasteiger partial charge in [0.25, 0.3) is 0 Å². The zero-order valence-electron chi connectivity index (χ0n) is 14.2. The molecular formula is C21H18O5. The Morgan fingerprint density at radius 1 is 1.08 bits per heavy atom. The molecule has 132 valence electrons. The first-order valence-electron chi connectivity index (χ1n) is 8.00. The van der Waals surface area contributed by atoms with Gasteiger partial charge >= 0.3 is 0 Å². The van der Waals surface area contributed by atoms with E-state index in [-0.39, 0.29) is 16.9 Å². The predicted molar refractivity (Wildman–Crippen MR) is 99.3 cm³/mol. The van der Waals surface area contributed by atoms with Crippen molar-refractivity contribution in [2.45, 2.75) is 6.61 Å². The van der Waals surface area contributed by atoms with Crippen molar-refractivity contribution in [3.63, 3.8) is 0 Å². The average Bonchev–Trinajstić information content (AvgIpc) is 2.66. The Labute approximate surface area is 150 Å². The number of methoxy groups -OCH3 is 1. The predicted octanol–water partition coefficient (Wildman–Crippen LogP) is 4.10. The molecule has 5 heteroatoms. The quantitative estimate of drug-likeness (QED) is 0.725. The second kappa shape index (κ2) is 8.07. The fourth-order valence-corrected chi connectivity index (χ4v) is 2.34. The van der Waals surface area contributed by atoms with Gasteiger partial charge in [-0.05, 0) is 29.3 Å². The molecule has 0 bridgehead atoms. The lowest BCUT2D eigenvalue weighted by molar-refractivity contribution is 0.291. The monoisotopic (exact) mass is 350 g/mol. The number of phenolic OH excluding ortho intramolecular Hbond substituents is 1. The highest BCUT2D eigenvalue weighted by molar-refractivity contribution is 5.69. The summed E-state index contributed by atoms with van der Waals surface area (Å²) in [4.78, 5) is 12.1. The lowest BCUT2D eigenvalue weighted by Crippen LogP contribution is -2.07. The molecule has 0 aliphatic carbocycles. The lowest BCUT2D eigenvalue weighted by atomic mass is 10.1. The van der Waals surface area contributed by atoms with E-state index in [4.69, 9.17) is 13.9 Å². The Morgan fingerprint density at radius 2 is 1.88 bits per heavy atom. The fourth-order valence-electron chi connectivity index (χ4n) is 2.34. The van der Waals surface area contributed by atoms with Crippen LogP contribution in [0.15, 0.2) is 70.1 Å². The third kappa shape index (κ3) is 4.54. The van der Waals surface area contributed by atoms with E-state index in [1.807, 2.05) is 30.3 Å². The molecule has 0 aliphatic heterocycles. The Morgan fingerprint density at radius 3 is 2.62 bits per heavy atom. The van der Waals surface area contributed by atoms with Gasteiger partial charge in [-0.1, -0.05) is 36.4 Å². The highest BCUT2D eigenvalue weighted by Crippen LogP contribution is 2.23. The van der Waals surface area contributed by atoms with E-state index in [0.29, 0.717) is 23.7 Å². The van der Waals surface area contributed by atoms with Gasteiger partial charge < -0.3 is 19.0 Å². The number of rotatable bonds is 6. The van der Waals surface area contributed by atoms with E-state index < -0.39 is 0 Å². The van der Waals surface area contributed by atoms with Crippen molar-refractivity contribution in [3.8, 4) is 17.2 Å². The summed E-state index contributed by atoms with van der Waals surface area (Å²) in [5.74, 6) is 1.17. The maximum Gasteiger partial charge on any atom is 0.227 e. The van der Waals surface area contributed by atoms with E-state index in [1.165, 1.54) is 25.5 Å². The number of phenols is 1. The van der Waals surface area contributed by atoms with Gasteiger partial charge in [-0.15, -0.1) is 0 Å². The number of aromatic hydroxyl groups is 1. The summed E-state index contributed by atoms with van der Waals surface area (Å²) < 4.78 is 16.0. The first-order chi connectivity index (χ1) is 12.6. The molecule has 1 N–H and O–H groups in total. The summed E-state index contributed by atoms with van der Waals surface area (Å²) in [6.45, 7) is 0.296. The Bertz CT molecular complexity index is 958. The van der Waals surface area contributed by atoms with E-state index in [9.17, 15) is 9.90 Å². The number of hydrogen-bond acceptors (Lipinski definition) is 5. The van der Waals surface area contributed by atoms with E-state index >= 15 is 0 Å². The molecule has 0 aliphatic rings. The summed E-state index contributed by atoms with van der Waals surface area (Å²) in [5, 5.41) is 9.65. The van der Waals surface area contributed by atoms with Crippen LogP contribution in [-0.4, -0.2) is 12.2 Å². The molecule has 26 heavy (non-hydrogen) atoms. The molecular weight excluding hydrogens is 332 g/mol. The SMILES string of the molecule is COc1cc(O)cc(/C=C/c2cc(=O)c(OCc3ccccc3)co2)c1.